The first-order valence-electron chi connectivity index (χ1n) is 6.58. The van der Waals surface area contributed by atoms with Crippen molar-refractivity contribution >= 4 is 9.84 Å². The lowest BCUT2D eigenvalue weighted by atomic mass is 10.2. The molecule has 4 heteroatoms. The van der Waals surface area contributed by atoms with E-state index in [0.717, 1.165) is 24.3 Å². The van der Waals surface area contributed by atoms with Gasteiger partial charge in [-0.2, -0.15) is 0 Å². The van der Waals surface area contributed by atoms with Crippen molar-refractivity contribution in [2.24, 2.45) is 0 Å². The van der Waals surface area contributed by atoms with Crippen LogP contribution in [0, 0.1) is 5.92 Å². The summed E-state index contributed by atoms with van der Waals surface area (Å²) < 4.78 is 29.5. The minimum atomic E-state index is -3.06. The van der Waals surface area contributed by atoms with Gasteiger partial charge < -0.3 is 4.74 Å². The van der Waals surface area contributed by atoms with Crippen LogP contribution in [0.4, 0.5) is 0 Å². The number of sulfone groups is 1. The first-order chi connectivity index (χ1) is 8.95. The molecule has 19 heavy (non-hydrogen) atoms. The van der Waals surface area contributed by atoms with E-state index in [9.17, 15) is 8.42 Å². The summed E-state index contributed by atoms with van der Waals surface area (Å²) in [4.78, 5) is 0. The normalized spacial score (nSPS) is 17.6. The van der Waals surface area contributed by atoms with Crippen molar-refractivity contribution in [1.82, 2.24) is 0 Å². The fourth-order valence-electron chi connectivity index (χ4n) is 2.15. The van der Waals surface area contributed by atoms with Gasteiger partial charge in [0, 0.05) is 0 Å². The molecule has 0 N–H and O–H groups in total. The maximum Gasteiger partial charge on any atom is 0.158 e. The maximum atomic E-state index is 12.3. The summed E-state index contributed by atoms with van der Waals surface area (Å²) in [5.74, 6) is 1.12. The fraction of sp³-hybridized carbons (Fsp3) is 0.533. The molecule has 3 nitrogen and oxygen atoms in total. The standard InChI is InChI=1S/C15H21O3S/c1-13(2)11-19(16,17)15(8-9-15)12-18-10-14-6-4-3-5-7-14/h3-7H,8-12H2,1-2H3. The van der Waals surface area contributed by atoms with Crippen LogP contribution < -0.4 is 0 Å². The van der Waals surface area contributed by atoms with Crippen LogP contribution in [-0.4, -0.2) is 25.5 Å². The molecule has 0 unspecified atom stereocenters. The molecule has 0 aromatic heterocycles. The van der Waals surface area contributed by atoms with Crippen molar-refractivity contribution in [1.29, 1.82) is 0 Å². The molecule has 0 bridgehead atoms. The molecule has 1 radical (unpaired) electrons. The Hall–Kier alpha value is -0.870. The molecular formula is C15H21O3S. The molecule has 2 rings (SSSR count). The Morgan fingerprint density at radius 2 is 1.84 bits per heavy atom. The first kappa shape index (κ1) is 14.5. The number of rotatable bonds is 7. The van der Waals surface area contributed by atoms with Gasteiger partial charge >= 0.3 is 0 Å². The quantitative estimate of drug-likeness (QED) is 0.772. The number of ether oxygens (including phenoxy) is 1. The number of hydrogen-bond acceptors (Lipinski definition) is 3. The van der Waals surface area contributed by atoms with Gasteiger partial charge in [0.15, 0.2) is 9.84 Å². The van der Waals surface area contributed by atoms with E-state index < -0.39 is 14.6 Å². The molecule has 0 heterocycles. The molecule has 105 valence electrons. The molecule has 1 saturated carbocycles. The minimum Gasteiger partial charge on any atom is -0.375 e. The second-order valence-electron chi connectivity index (χ2n) is 5.63. The Labute approximate surface area is 115 Å². The molecule has 0 saturated heterocycles. The van der Waals surface area contributed by atoms with Gasteiger partial charge in [-0.1, -0.05) is 44.2 Å². The smallest absolute Gasteiger partial charge is 0.158 e. The van der Waals surface area contributed by atoms with Crippen molar-refractivity contribution in [3.8, 4) is 0 Å². The Balaban J connectivity index is 1.89. The Morgan fingerprint density at radius 3 is 2.37 bits per heavy atom. The fourth-order valence-corrected chi connectivity index (χ4v) is 4.20. The second-order valence-corrected chi connectivity index (χ2v) is 8.01. The third-order valence-electron chi connectivity index (χ3n) is 3.42. The highest BCUT2D eigenvalue weighted by molar-refractivity contribution is 7.93. The van der Waals surface area contributed by atoms with Crippen molar-refractivity contribution in [2.45, 2.75) is 38.0 Å². The van der Waals surface area contributed by atoms with Gasteiger partial charge in [0.1, 0.15) is 0 Å². The molecule has 1 fully saturated rings. The monoisotopic (exact) mass is 281 g/mol. The largest absolute Gasteiger partial charge is 0.375 e. The van der Waals surface area contributed by atoms with E-state index in [0.29, 0.717) is 13.2 Å². The van der Waals surface area contributed by atoms with Crippen molar-refractivity contribution in [3.63, 3.8) is 0 Å². The van der Waals surface area contributed by atoms with Crippen LogP contribution in [0.1, 0.15) is 32.3 Å². The van der Waals surface area contributed by atoms with E-state index in [2.05, 4.69) is 0 Å². The van der Waals surface area contributed by atoms with Gasteiger partial charge in [0.2, 0.25) is 0 Å². The molecule has 1 aromatic rings. The topological polar surface area (TPSA) is 43.4 Å². The summed E-state index contributed by atoms with van der Waals surface area (Å²) in [6.07, 6.45) is 1.47. The van der Waals surface area contributed by atoms with Crippen LogP contribution >= 0.6 is 0 Å². The average molecular weight is 281 g/mol. The Morgan fingerprint density at radius 1 is 1.21 bits per heavy atom. The van der Waals surface area contributed by atoms with Crippen LogP contribution in [0.3, 0.4) is 0 Å². The average Bonchev–Trinajstić information content (AvgIpc) is 3.10. The lowest BCUT2D eigenvalue weighted by molar-refractivity contribution is 0.116. The highest BCUT2D eigenvalue weighted by Crippen LogP contribution is 2.45. The van der Waals surface area contributed by atoms with Crippen molar-refractivity contribution in [2.75, 3.05) is 12.4 Å². The molecule has 0 spiro atoms. The molecular weight excluding hydrogens is 260 g/mol. The predicted molar refractivity (Wildman–Crippen MR) is 76.4 cm³/mol. The Kier molecular flexibility index (Phi) is 4.31. The Bertz CT molecular complexity index is 501. The van der Waals surface area contributed by atoms with Gasteiger partial charge in [0.05, 0.1) is 23.7 Å². The van der Waals surface area contributed by atoms with E-state index in [1.54, 1.807) is 0 Å². The van der Waals surface area contributed by atoms with Crippen LogP contribution in [-0.2, 0) is 21.2 Å². The van der Waals surface area contributed by atoms with E-state index in [1.807, 2.05) is 44.2 Å². The molecule has 0 atom stereocenters. The number of hydrogen-bond donors (Lipinski definition) is 0. The molecule has 1 aliphatic rings. The van der Waals surface area contributed by atoms with E-state index in [4.69, 9.17) is 4.74 Å². The van der Waals surface area contributed by atoms with E-state index in [1.165, 1.54) is 0 Å². The van der Waals surface area contributed by atoms with E-state index in [-0.39, 0.29) is 5.75 Å². The molecule has 1 aliphatic carbocycles. The van der Waals surface area contributed by atoms with Crippen LogP contribution in [0.2, 0.25) is 0 Å². The highest BCUT2D eigenvalue weighted by Gasteiger charge is 2.54. The molecule has 0 aliphatic heterocycles. The molecule has 0 amide bonds. The third-order valence-corrected chi connectivity index (χ3v) is 6.23. The highest BCUT2D eigenvalue weighted by atomic mass is 32.2. The summed E-state index contributed by atoms with van der Waals surface area (Å²) in [5.41, 5.74) is 1.08. The zero-order valence-electron chi connectivity index (χ0n) is 11.6. The van der Waals surface area contributed by atoms with E-state index >= 15 is 0 Å². The van der Waals surface area contributed by atoms with Crippen LogP contribution in [0.25, 0.3) is 0 Å². The lowest BCUT2D eigenvalue weighted by Crippen LogP contribution is -2.32. The summed E-state index contributed by atoms with van der Waals surface area (Å²) in [6, 6.07) is 9.84. The van der Waals surface area contributed by atoms with Gasteiger partial charge in [-0.25, -0.2) is 8.42 Å². The van der Waals surface area contributed by atoms with Crippen LogP contribution in [0.15, 0.2) is 30.3 Å². The van der Waals surface area contributed by atoms with Gasteiger partial charge in [-0.05, 0) is 24.3 Å². The minimum absolute atomic E-state index is 0.182. The van der Waals surface area contributed by atoms with Gasteiger partial charge in [0.25, 0.3) is 0 Å². The van der Waals surface area contributed by atoms with Gasteiger partial charge in [-0.3, -0.25) is 0 Å². The number of benzene rings is 1. The third kappa shape index (κ3) is 3.57. The SMILES string of the molecule is C[C](C)CS(=O)(=O)C1(COCc2ccccc2)CC1. The summed E-state index contributed by atoms with van der Waals surface area (Å²) in [7, 11) is -3.06. The molecule has 1 aromatic carbocycles. The first-order valence-corrected chi connectivity index (χ1v) is 8.23. The second kappa shape index (κ2) is 5.63. The van der Waals surface area contributed by atoms with Crippen LogP contribution in [0.5, 0.6) is 0 Å². The lowest BCUT2D eigenvalue weighted by Gasteiger charge is -2.17. The zero-order chi connectivity index (χ0) is 13.9. The van der Waals surface area contributed by atoms with Crippen molar-refractivity contribution in [3.05, 3.63) is 41.8 Å². The van der Waals surface area contributed by atoms with Gasteiger partial charge in [-0.15, -0.1) is 0 Å². The summed E-state index contributed by atoms with van der Waals surface area (Å²) in [6.45, 7) is 4.52. The maximum absolute atomic E-state index is 12.3. The summed E-state index contributed by atoms with van der Waals surface area (Å²) in [5, 5.41) is 0. The predicted octanol–water partition coefficient (Wildman–Crippen LogP) is 2.76. The van der Waals surface area contributed by atoms with Crippen molar-refractivity contribution < 1.29 is 13.2 Å². The zero-order valence-corrected chi connectivity index (χ0v) is 12.4. The summed E-state index contributed by atoms with van der Waals surface area (Å²) >= 11 is 0.